The number of rotatable bonds is 4. The number of hydrogen-bond donors (Lipinski definition) is 1. The first kappa shape index (κ1) is 19.3. The van der Waals surface area contributed by atoms with Gasteiger partial charge in [-0.05, 0) is 49.2 Å². The second-order valence-corrected chi connectivity index (χ2v) is 7.79. The maximum atomic E-state index is 13.4. The quantitative estimate of drug-likeness (QED) is 0.498. The highest BCUT2D eigenvalue weighted by atomic mass is 19.1. The summed E-state index contributed by atoms with van der Waals surface area (Å²) < 4.78 is 13.4. The number of nitrogens with one attached hydrogen (secondary N) is 1. The summed E-state index contributed by atoms with van der Waals surface area (Å²) in [7, 11) is 0. The lowest BCUT2D eigenvalue weighted by Gasteiger charge is -2.41. The van der Waals surface area contributed by atoms with Gasteiger partial charge in [0, 0.05) is 41.5 Å². The maximum absolute atomic E-state index is 13.4. The van der Waals surface area contributed by atoms with Crippen LogP contribution in [0.15, 0.2) is 66.9 Å². The van der Waals surface area contributed by atoms with Gasteiger partial charge in [-0.3, -0.25) is 5.10 Å². The summed E-state index contributed by atoms with van der Waals surface area (Å²) in [5, 5.41) is 23.6. The van der Waals surface area contributed by atoms with Crippen LogP contribution in [0.5, 0.6) is 0 Å². The number of H-pyrrole nitrogens is 1. The molecule has 1 fully saturated rings. The van der Waals surface area contributed by atoms with Crippen LogP contribution in [0.3, 0.4) is 0 Å². The molecule has 4 aromatic rings. The minimum Gasteiger partial charge on any atom is -0.305 e. The summed E-state index contributed by atoms with van der Waals surface area (Å²) in [6.45, 7) is 2.54. The van der Waals surface area contributed by atoms with Crippen molar-refractivity contribution in [2.75, 3.05) is 18.1 Å². The van der Waals surface area contributed by atoms with E-state index in [1.807, 2.05) is 30.5 Å². The molecule has 0 saturated carbocycles. The molecule has 0 unspecified atom stereocenters. The molecule has 0 atom stereocenters. The van der Waals surface area contributed by atoms with Gasteiger partial charge >= 0.3 is 0 Å². The zero-order valence-corrected chi connectivity index (χ0v) is 17.1. The first-order valence-electron chi connectivity index (χ1n) is 10.5. The first-order valence-corrected chi connectivity index (χ1v) is 10.5. The van der Waals surface area contributed by atoms with E-state index in [4.69, 9.17) is 0 Å². The first-order chi connectivity index (χ1) is 15.2. The minimum absolute atomic E-state index is 0.250. The van der Waals surface area contributed by atoms with Gasteiger partial charge < -0.3 is 5.01 Å². The lowest BCUT2D eigenvalue weighted by Crippen LogP contribution is -2.47. The SMILES string of the molecule is N#Cc1ccc(N2CCCCN2Cc2cn[nH]c2-c2ccc(F)cc2)c2ccccc12. The Morgan fingerprint density at radius 2 is 1.74 bits per heavy atom. The van der Waals surface area contributed by atoms with Crippen molar-refractivity contribution >= 4 is 16.5 Å². The molecule has 0 amide bonds. The fourth-order valence-corrected chi connectivity index (χ4v) is 4.36. The van der Waals surface area contributed by atoms with E-state index in [1.54, 1.807) is 12.1 Å². The molecule has 1 N–H and O–H groups in total. The van der Waals surface area contributed by atoms with Gasteiger partial charge in [0.1, 0.15) is 5.82 Å². The van der Waals surface area contributed by atoms with Gasteiger partial charge in [-0.25, -0.2) is 9.40 Å². The predicted octanol–water partition coefficient (Wildman–Crippen LogP) is 5.26. The number of halogens is 1. The zero-order valence-electron chi connectivity index (χ0n) is 17.1. The molecule has 1 saturated heterocycles. The molecule has 154 valence electrons. The summed E-state index contributed by atoms with van der Waals surface area (Å²) in [5.74, 6) is -0.250. The van der Waals surface area contributed by atoms with Crippen molar-refractivity contribution in [3.8, 4) is 17.3 Å². The van der Waals surface area contributed by atoms with Crippen LogP contribution in [0, 0.1) is 17.1 Å². The molecule has 0 bridgehead atoms. The van der Waals surface area contributed by atoms with E-state index >= 15 is 0 Å². The number of anilines is 1. The Bertz CT molecular complexity index is 1260. The van der Waals surface area contributed by atoms with E-state index in [-0.39, 0.29) is 5.82 Å². The van der Waals surface area contributed by atoms with Crippen molar-refractivity contribution in [3.05, 3.63) is 83.8 Å². The maximum Gasteiger partial charge on any atom is 0.123 e. The summed E-state index contributed by atoms with van der Waals surface area (Å²) >= 11 is 0. The third-order valence-electron chi connectivity index (χ3n) is 5.88. The largest absolute Gasteiger partial charge is 0.305 e. The number of benzene rings is 3. The van der Waals surface area contributed by atoms with Crippen molar-refractivity contribution in [1.29, 1.82) is 5.26 Å². The second kappa shape index (κ2) is 8.21. The Hall–Kier alpha value is -3.69. The molecule has 6 heteroatoms. The number of aromatic amines is 1. The highest BCUT2D eigenvalue weighted by Crippen LogP contribution is 2.33. The van der Waals surface area contributed by atoms with Crippen LogP contribution in [0.25, 0.3) is 22.0 Å². The lowest BCUT2D eigenvalue weighted by molar-refractivity contribution is 0.205. The van der Waals surface area contributed by atoms with Crippen LogP contribution in [-0.4, -0.2) is 28.3 Å². The van der Waals surface area contributed by atoms with E-state index in [2.05, 4.69) is 38.4 Å². The van der Waals surface area contributed by atoms with E-state index < -0.39 is 0 Å². The fraction of sp³-hybridized carbons (Fsp3) is 0.200. The molecule has 1 aromatic heterocycles. The number of aromatic nitrogens is 2. The van der Waals surface area contributed by atoms with E-state index in [0.29, 0.717) is 12.1 Å². The van der Waals surface area contributed by atoms with Crippen LogP contribution in [0.1, 0.15) is 24.0 Å². The van der Waals surface area contributed by atoms with Crippen LogP contribution in [0.2, 0.25) is 0 Å². The van der Waals surface area contributed by atoms with Crippen molar-refractivity contribution in [1.82, 2.24) is 15.2 Å². The molecular weight excluding hydrogens is 389 g/mol. The van der Waals surface area contributed by atoms with Crippen LogP contribution < -0.4 is 5.01 Å². The third-order valence-corrected chi connectivity index (χ3v) is 5.88. The summed E-state index contributed by atoms with van der Waals surface area (Å²) in [4.78, 5) is 0. The second-order valence-electron chi connectivity index (χ2n) is 7.79. The van der Waals surface area contributed by atoms with Crippen molar-refractivity contribution < 1.29 is 4.39 Å². The van der Waals surface area contributed by atoms with Crippen LogP contribution in [0.4, 0.5) is 10.1 Å². The molecule has 0 radical (unpaired) electrons. The molecule has 0 aliphatic carbocycles. The highest BCUT2D eigenvalue weighted by molar-refractivity contribution is 5.97. The topological polar surface area (TPSA) is 59.0 Å². The molecule has 31 heavy (non-hydrogen) atoms. The summed E-state index contributed by atoms with van der Waals surface area (Å²) in [5.41, 5.74) is 4.70. The van der Waals surface area contributed by atoms with Crippen LogP contribution in [-0.2, 0) is 6.54 Å². The molecule has 5 rings (SSSR count). The van der Waals surface area contributed by atoms with Gasteiger partial charge in [-0.2, -0.15) is 10.4 Å². The lowest BCUT2D eigenvalue weighted by atomic mass is 10.0. The monoisotopic (exact) mass is 411 g/mol. The Labute approximate surface area is 180 Å². The average molecular weight is 411 g/mol. The van der Waals surface area contributed by atoms with Gasteiger partial charge in [0.2, 0.25) is 0 Å². The van der Waals surface area contributed by atoms with Crippen molar-refractivity contribution in [3.63, 3.8) is 0 Å². The Kier molecular flexibility index (Phi) is 5.11. The molecule has 0 spiro atoms. The molecule has 2 heterocycles. The predicted molar refractivity (Wildman–Crippen MR) is 120 cm³/mol. The smallest absolute Gasteiger partial charge is 0.123 e. The normalized spacial score (nSPS) is 14.6. The minimum atomic E-state index is -0.250. The van der Waals surface area contributed by atoms with Crippen molar-refractivity contribution in [2.24, 2.45) is 0 Å². The number of nitriles is 1. The molecule has 5 nitrogen and oxygen atoms in total. The van der Waals surface area contributed by atoms with Gasteiger partial charge in [0.25, 0.3) is 0 Å². The van der Waals surface area contributed by atoms with E-state index in [1.165, 1.54) is 12.1 Å². The zero-order chi connectivity index (χ0) is 21.2. The van der Waals surface area contributed by atoms with Gasteiger partial charge in [-0.15, -0.1) is 0 Å². The van der Waals surface area contributed by atoms with Gasteiger partial charge in [-0.1, -0.05) is 24.3 Å². The Morgan fingerprint density at radius 3 is 2.55 bits per heavy atom. The number of hydrazine groups is 1. The molecule has 3 aromatic carbocycles. The summed E-state index contributed by atoms with van der Waals surface area (Å²) in [6.07, 6.45) is 4.08. The number of hydrogen-bond acceptors (Lipinski definition) is 4. The van der Waals surface area contributed by atoms with E-state index in [9.17, 15) is 9.65 Å². The number of nitrogens with zero attached hydrogens (tertiary/aromatic N) is 4. The highest BCUT2D eigenvalue weighted by Gasteiger charge is 2.24. The Balaban J connectivity index is 1.50. The molecular formula is C25H22FN5. The standard InChI is InChI=1S/C25H22FN5/c26-21-10-7-18(8-11-21)25-20(16-28-29-25)17-30-13-3-4-14-31(30)24-12-9-19(15-27)22-5-1-2-6-23(22)24/h1-2,5-12,16H,3-4,13-14,17H2,(H,28,29). The summed E-state index contributed by atoms with van der Waals surface area (Å²) in [6, 6.07) is 20.8. The third kappa shape index (κ3) is 3.65. The molecule has 1 aliphatic heterocycles. The Morgan fingerprint density at radius 1 is 0.968 bits per heavy atom. The van der Waals surface area contributed by atoms with Gasteiger partial charge in [0.05, 0.1) is 29.2 Å². The fourth-order valence-electron chi connectivity index (χ4n) is 4.36. The van der Waals surface area contributed by atoms with E-state index in [0.717, 1.165) is 59.2 Å². The van der Waals surface area contributed by atoms with Crippen molar-refractivity contribution in [2.45, 2.75) is 19.4 Å². The van der Waals surface area contributed by atoms with Crippen LogP contribution >= 0.6 is 0 Å². The average Bonchev–Trinajstić information content (AvgIpc) is 3.27. The molecule has 1 aliphatic rings. The number of fused-ring (bicyclic) bond motifs is 1. The van der Waals surface area contributed by atoms with Gasteiger partial charge in [0.15, 0.2) is 0 Å².